The molecule has 0 spiro atoms. The Balaban J connectivity index is 1.84. The second kappa shape index (κ2) is 4.66. The highest BCUT2D eigenvalue weighted by atomic mass is 32.1. The molecule has 1 aliphatic rings. The van der Waals surface area contributed by atoms with Crippen LogP contribution in [0, 0.1) is 4.77 Å². The van der Waals surface area contributed by atoms with Gasteiger partial charge in [0.25, 0.3) is 0 Å². The van der Waals surface area contributed by atoms with Gasteiger partial charge in [0.2, 0.25) is 5.91 Å². The number of thiophene rings is 1. The number of aromatic nitrogens is 3. The lowest BCUT2D eigenvalue weighted by atomic mass is 10.4. The fourth-order valence-corrected chi connectivity index (χ4v) is 2.62. The molecule has 3 rings (SSSR count). The van der Waals surface area contributed by atoms with Crippen molar-refractivity contribution < 1.29 is 4.79 Å². The minimum absolute atomic E-state index is 0.00666. The highest BCUT2D eigenvalue weighted by Gasteiger charge is 2.23. The molecule has 0 atom stereocenters. The van der Waals surface area contributed by atoms with Gasteiger partial charge in [0.05, 0.1) is 4.88 Å². The zero-order valence-corrected chi connectivity index (χ0v) is 11.2. The average molecular weight is 280 g/mol. The molecule has 0 bridgehead atoms. The Labute approximate surface area is 113 Å². The Bertz CT molecular complexity index is 609. The largest absolute Gasteiger partial charge is 0.352 e. The second-order valence-corrected chi connectivity index (χ2v) is 5.59. The molecular weight excluding hydrogens is 268 g/mol. The lowest BCUT2D eigenvalue weighted by Crippen LogP contribution is -2.29. The van der Waals surface area contributed by atoms with E-state index in [0.717, 1.165) is 23.5 Å². The lowest BCUT2D eigenvalue weighted by Gasteiger charge is -2.06. The molecule has 0 unspecified atom stereocenters. The minimum Gasteiger partial charge on any atom is -0.352 e. The van der Waals surface area contributed by atoms with Crippen LogP contribution in [-0.4, -0.2) is 26.7 Å². The van der Waals surface area contributed by atoms with E-state index < -0.39 is 0 Å². The van der Waals surface area contributed by atoms with Crippen LogP contribution < -0.4 is 5.32 Å². The van der Waals surface area contributed by atoms with E-state index in [4.69, 9.17) is 12.2 Å². The van der Waals surface area contributed by atoms with Gasteiger partial charge in [-0.25, -0.2) is 0 Å². The normalized spacial score (nSPS) is 14.7. The van der Waals surface area contributed by atoms with E-state index in [1.807, 2.05) is 17.5 Å². The first-order valence-electron chi connectivity index (χ1n) is 5.72. The summed E-state index contributed by atoms with van der Waals surface area (Å²) in [5.74, 6) is 0.716. The topological polar surface area (TPSA) is 62.7 Å². The number of nitrogens with zero attached hydrogens (tertiary/aromatic N) is 2. The average Bonchev–Trinajstić information content (AvgIpc) is 2.87. The minimum atomic E-state index is -0.00666. The van der Waals surface area contributed by atoms with Gasteiger partial charge in [-0.05, 0) is 36.5 Å². The summed E-state index contributed by atoms with van der Waals surface area (Å²) in [7, 11) is 0. The molecule has 1 saturated carbocycles. The molecule has 0 radical (unpaired) electrons. The quantitative estimate of drug-likeness (QED) is 0.841. The molecule has 2 aromatic heterocycles. The van der Waals surface area contributed by atoms with Crippen LogP contribution in [0.5, 0.6) is 0 Å². The van der Waals surface area contributed by atoms with Crippen LogP contribution in [0.25, 0.3) is 10.7 Å². The fourth-order valence-electron chi connectivity index (χ4n) is 1.70. The van der Waals surface area contributed by atoms with Crippen molar-refractivity contribution in [2.24, 2.45) is 0 Å². The van der Waals surface area contributed by atoms with Gasteiger partial charge in [-0.15, -0.1) is 11.3 Å². The van der Waals surface area contributed by atoms with Gasteiger partial charge in [0.1, 0.15) is 6.54 Å². The molecule has 1 aliphatic carbocycles. The van der Waals surface area contributed by atoms with E-state index in [9.17, 15) is 4.79 Å². The van der Waals surface area contributed by atoms with E-state index in [-0.39, 0.29) is 12.5 Å². The molecule has 5 nitrogen and oxygen atoms in total. The van der Waals surface area contributed by atoms with Crippen LogP contribution in [0.1, 0.15) is 12.8 Å². The number of nitrogens with one attached hydrogen (secondary N) is 2. The first-order chi connectivity index (χ1) is 8.74. The Hall–Kier alpha value is -1.47. The van der Waals surface area contributed by atoms with Gasteiger partial charge < -0.3 is 5.32 Å². The van der Waals surface area contributed by atoms with Gasteiger partial charge in [-0.2, -0.15) is 5.10 Å². The van der Waals surface area contributed by atoms with E-state index >= 15 is 0 Å². The van der Waals surface area contributed by atoms with E-state index in [1.54, 1.807) is 15.9 Å². The molecule has 0 aromatic carbocycles. The second-order valence-electron chi connectivity index (χ2n) is 4.26. The summed E-state index contributed by atoms with van der Waals surface area (Å²) in [5.41, 5.74) is 0. The third kappa shape index (κ3) is 2.37. The highest BCUT2D eigenvalue weighted by molar-refractivity contribution is 7.71. The van der Waals surface area contributed by atoms with Gasteiger partial charge in [-0.3, -0.25) is 14.5 Å². The maximum atomic E-state index is 11.8. The number of aromatic amines is 1. The number of hydrogen-bond donors (Lipinski definition) is 2. The molecule has 0 aliphatic heterocycles. The fraction of sp³-hybridized carbons (Fsp3) is 0.364. The smallest absolute Gasteiger partial charge is 0.240 e. The number of rotatable bonds is 4. The van der Waals surface area contributed by atoms with Crippen molar-refractivity contribution in [1.29, 1.82) is 0 Å². The van der Waals surface area contributed by atoms with Crippen molar-refractivity contribution in [3.8, 4) is 10.7 Å². The number of carbonyl (C=O) groups is 1. The predicted octanol–water partition coefficient (Wildman–Crippen LogP) is 1.95. The van der Waals surface area contributed by atoms with Crippen LogP contribution in [0.3, 0.4) is 0 Å². The summed E-state index contributed by atoms with van der Waals surface area (Å²) < 4.78 is 2.21. The van der Waals surface area contributed by atoms with E-state index in [1.165, 1.54) is 0 Å². The van der Waals surface area contributed by atoms with Crippen molar-refractivity contribution in [2.45, 2.75) is 25.4 Å². The van der Waals surface area contributed by atoms with E-state index in [2.05, 4.69) is 15.5 Å². The maximum absolute atomic E-state index is 11.8. The van der Waals surface area contributed by atoms with Crippen molar-refractivity contribution >= 4 is 29.5 Å². The highest BCUT2D eigenvalue weighted by Crippen LogP contribution is 2.23. The van der Waals surface area contributed by atoms with Crippen molar-refractivity contribution in [3.63, 3.8) is 0 Å². The summed E-state index contributed by atoms with van der Waals surface area (Å²) in [5, 5.41) is 11.8. The standard InChI is InChI=1S/C11H12N4OS2/c16-9(12-7-3-4-7)6-15-10(13-14-11(15)17)8-2-1-5-18-8/h1-2,5,7H,3-4,6H2,(H,12,16)(H,14,17). The summed E-state index contributed by atoms with van der Waals surface area (Å²) >= 11 is 6.74. The first kappa shape index (κ1) is 11.6. The number of H-pyrrole nitrogens is 1. The van der Waals surface area contributed by atoms with Crippen molar-refractivity contribution in [3.05, 3.63) is 22.3 Å². The summed E-state index contributed by atoms with van der Waals surface area (Å²) in [6.07, 6.45) is 2.17. The lowest BCUT2D eigenvalue weighted by molar-refractivity contribution is -0.121. The summed E-state index contributed by atoms with van der Waals surface area (Å²) in [6, 6.07) is 4.28. The Kier molecular flexibility index (Phi) is 3.00. The summed E-state index contributed by atoms with van der Waals surface area (Å²) in [4.78, 5) is 12.8. The van der Waals surface area contributed by atoms with Crippen LogP contribution in [-0.2, 0) is 11.3 Å². The molecule has 1 fully saturated rings. The van der Waals surface area contributed by atoms with Gasteiger partial charge >= 0.3 is 0 Å². The number of amides is 1. The SMILES string of the molecule is O=C(Cn1c(-c2cccs2)n[nH]c1=S)NC1CC1. The molecule has 94 valence electrons. The zero-order chi connectivity index (χ0) is 12.5. The Morgan fingerprint density at radius 1 is 1.67 bits per heavy atom. The Morgan fingerprint density at radius 3 is 3.17 bits per heavy atom. The van der Waals surface area contributed by atoms with Crippen LogP contribution in [0.2, 0.25) is 0 Å². The van der Waals surface area contributed by atoms with Gasteiger partial charge in [0, 0.05) is 6.04 Å². The van der Waals surface area contributed by atoms with Crippen LogP contribution in [0.4, 0.5) is 0 Å². The maximum Gasteiger partial charge on any atom is 0.240 e. The van der Waals surface area contributed by atoms with Crippen molar-refractivity contribution in [2.75, 3.05) is 0 Å². The zero-order valence-electron chi connectivity index (χ0n) is 9.55. The van der Waals surface area contributed by atoms with Gasteiger partial charge in [0.15, 0.2) is 10.6 Å². The van der Waals surface area contributed by atoms with Crippen LogP contribution in [0.15, 0.2) is 17.5 Å². The van der Waals surface area contributed by atoms with Crippen molar-refractivity contribution in [1.82, 2.24) is 20.1 Å². The molecule has 2 N–H and O–H groups in total. The van der Waals surface area contributed by atoms with Gasteiger partial charge in [-0.1, -0.05) is 6.07 Å². The number of hydrogen-bond acceptors (Lipinski definition) is 4. The summed E-state index contributed by atoms with van der Waals surface area (Å²) in [6.45, 7) is 0.221. The molecule has 1 amide bonds. The molecular formula is C11H12N4OS2. The Morgan fingerprint density at radius 2 is 2.50 bits per heavy atom. The number of carbonyl (C=O) groups excluding carboxylic acids is 1. The third-order valence-corrected chi connectivity index (χ3v) is 3.92. The molecule has 2 heterocycles. The third-order valence-electron chi connectivity index (χ3n) is 2.74. The monoisotopic (exact) mass is 280 g/mol. The predicted molar refractivity (Wildman–Crippen MR) is 71.9 cm³/mol. The van der Waals surface area contributed by atoms with E-state index in [0.29, 0.717) is 10.8 Å². The first-order valence-corrected chi connectivity index (χ1v) is 7.01. The van der Waals surface area contributed by atoms with Crippen LogP contribution >= 0.6 is 23.6 Å². The molecule has 2 aromatic rings. The molecule has 7 heteroatoms. The molecule has 18 heavy (non-hydrogen) atoms. The molecule has 0 saturated heterocycles.